The molecule has 0 aromatic carbocycles. The third kappa shape index (κ3) is 2.75. The van der Waals surface area contributed by atoms with Crippen LogP contribution in [0.25, 0.3) is 0 Å². The minimum atomic E-state index is -0.101. The van der Waals surface area contributed by atoms with Crippen molar-refractivity contribution in [3.05, 3.63) is 6.33 Å². The standard InChI is InChI=1S/C9H16N6O/c1-9(2-4-10-5-3-9)12-8(16)6-15-7-11-13-14-15/h7,10H,2-6H2,1H3,(H,12,16). The van der Waals surface area contributed by atoms with E-state index in [-0.39, 0.29) is 18.0 Å². The molecule has 1 aliphatic heterocycles. The second kappa shape index (κ2) is 4.56. The predicted molar refractivity (Wildman–Crippen MR) is 56.5 cm³/mol. The van der Waals surface area contributed by atoms with Crippen LogP contribution in [0.5, 0.6) is 0 Å². The number of carbonyl (C=O) groups excluding carboxylic acids is 1. The molecule has 0 aliphatic carbocycles. The number of amides is 1. The lowest BCUT2D eigenvalue weighted by Crippen LogP contribution is -2.53. The van der Waals surface area contributed by atoms with Gasteiger partial charge in [0.05, 0.1) is 0 Å². The minimum absolute atomic E-state index is 0.0447. The minimum Gasteiger partial charge on any atom is -0.349 e. The van der Waals surface area contributed by atoms with E-state index in [4.69, 9.17) is 0 Å². The Balaban J connectivity index is 1.86. The Hall–Kier alpha value is -1.50. The molecule has 2 N–H and O–H groups in total. The number of aromatic nitrogens is 4. The Bertz CT molecular complexity index is 343. The highest BCUT2D eigenvalue weighted by Crippen LogP contribution is 2.16. The summed E-state index contributed by atoms with van der Waals surface area (Å²) in [5.74, 6) is -0.0447. The Morgan fingerprint density at radius 2 is 2.31 bits per heavy atom. The highest BCUT2D eigenvalue weighted by atomic mass is 16.2. The predicted octanol–water partition coefficient (Wildman–Crippen LogP) is -1.07. The number of nitrogens with zero attached hydrogens (tertiary/aromatic N) is 4. The molecular formula is C9H16N6O. The van der Waals surface area contributed by atoms with Crippen molar-refractivity contribution in [1.82, 2.24) is 30.8 Å². The molecule has 0 bridgehead atoms. The van der Waals surface area contributed by atoms with Crippen LogP contribution in [0.4, 0.5) is 0 Å². The summed E-state index contributed by atoms with van der Waals surface area (Å²) >= 11 is 0. The van der Waals surface area contributed by atoms with Crippen molar-refractivity contribution in [2.24, 2.45) is 0 Å². The zero-order valence-corrected chi connectivity index (χ0v) is 9.31. The van der Waals surface area contributed by atoms with Crippen LogP contribution in [0.1, 0.15) is 19.8 Å². The van der Waals surface area contributed by atoms with Crippen molar-refractivity contribution in [2.45, 2.75) is 31.8 Å². The van der Waals surface area contributed by atoms with Crippen LogP contribution in [-0.4, -0.2) is 44.7 Å². The number of tetrazole rings is 1. The lowest BCUT2D eigenvalue weighted by atomic mass is 9.90. The number of rotatable bonds is 3. The summed E-state index contributed by atoms with van der Waals surface area (Å²) in [6.07, 6.45) is 3.34. The van der Waals surface area contributed by atoms with Gasteiger partial charge in [0.15, 0.2) is 0 Å². The monoisotopic (exact) mass is 224 g/mol. The second-order valence-electron chi connectivity index (χ2n) is 4.37. The fraction of sp³-hybridized carbons (Fsp3) is 0.778. The van der Waals surface area contributed by atoms with Gasteiger partial charge in [-0.15, -0.1) is 5.10 Å². The lowest BCUT2D eigenvalue weighted by Gasteiger charge is -2.34. The van der Waals surface area contributed by atoms with E-state index in [0.717, 1.165) is 25.9 Å². The molecule has 16 heavy (non-hydrogen) atoms. The molecule has 1 aromatic rings. The number of nitrogens with one attached hydrogen (secondary N) is 2. The van der Waals surface area contributed by atoms with Gasteiger partial charge in [-0.2, -0.15) is 0 Å². The van der Waals surface area contributed by atoms with Gasteiger partial charge in [0.2, 0.25) is 5.91 Å². The van der Waals surface area contributed by atoms with Crippen LogP contribution < -0.4 is 10.6 Å². The maximum atomic E-state index is 11.7. The first kappa shape index (κ1) is 11.0. The number of piperidine rings is 1. The van der Waals surface area contributed by atoms with E-state index in [9.17, 15) is 4.79 Å². The molecule has 2 rings (SSSR count). The van der Waals surface area contributed by atoms with Crippen molar-refractivity contribution < 1.29 is 4.79 Å². The van der Waals surface area contributed by atoms with Crippen LogP contribution in [-0.2, 0) is 11.3 Å². The normalized spacial score (nSPS) is 19.3. The van der Waals surface area contributed by atoms with Crippen LogP contribution in [0, 0.1) is 0 Å². The van der Waals surface area contributed by atoms with E-state index in [1.165, 1.54) is 11.0 Å². The third-order valence-electron chi connectivity index (χ3n) is 2.85. The Kier molecular flexibility index (Phi) is 3.14. The van der Waals surface area contributed by atoms with Gasteiger partial charge in [0.1, 0.15) is 12.9 Å². The molecule has 7 heteroatoms. The highest BCUT2D eigenvalue weighted by molar-refractivity contribution is 5.76. The molecule has 0 radical (unpaired) electrons. The van der Waals surface area contributed by atoms with Crippen molar-refractivity contribution >= 4 is 5.91 Å². The number of hydrogen-bond acceptors (Lipinski definition) is 5. The van der Waals surface area contributed by atoms with Crippen molar-refractivity contribution in [1.29, 1.82) is 0 Å². The molecule has 0 unspecified atom stereocenters. The van der Waals surface area contributed by atoms with Gasteiger partial charge < -0.3 is 10.6 Å². The molecule has 0 atom stereocenters. The SMILES string of the molecule is CC1(NC(=O)Cn2cnnn2)CCNCC1. The molecule has 1 fully saturated rings. The van der Waals surface area contributed by atoms with E-state index in [1.807, 2.05) is 0 Å². The summed E-state index contributed by atoms with van der Waals surface area (Å²) in [5, 5.41) is 16.9. The summed E-state index contributed by atoms with van der Waals surface area (Å²) in [5.41, 5.74) is -0.101. The van der Waals surface area contributed by atoms with E-state index in [1.54, 1.807) is 0 Å². The Morgan fingerprint density at radius 3 is 2.94 bits per heavy atom. The first-order valence-electron chi connectivity index (χ1n) is 5.40. The van der Waals surface area contributed by atoms with Crippen molar-refractivity contribution in [3.8, 4) is 0 Å². The molecular weight excluding hydrogens is 208 g/mol. The average molecular weight is 224 g/mol. The number of carbonyl (C=O) groups is 1. The van der Waals surface area contributed by atoms with Crippen LogP contribution in [0.15, 0.2) is 6.33 Å². The Morgan fingerprint density at radius 1 is 1.56 bits per heavy atom. The van der Waals surface area contributed by atoms with Gasteiger partial charge in [0.25, 0.3) is 0 Å². The summed E-state index contributed by atoms with van der Waals surface area (Å²) in [4.78, 5) is 11.7. The topological polar surface area (TPSA) is 84.7 Å². The molecule has 1 aliphatic rings. The molecule has 1 aromatic heterocycles. The van der Waals surface area contributed by atoms with Gasteiger partial charge in [-0.05, 0) is 43.3 Å². The van der Waals surface area contributed by atoms with E-state index < -0.39 is 0 Å². The lowest BCUT2D eigenvalue weighted by molar-refractivity contribution is -0.123. The summed E-state index contributed by atoms with van der Waals surface area (Å²) in [6, 6.07) is 0. The van der Waals surface area contributed by atoms with Crippen LogP contribution in [0.3, 0.4) is 0 Å². The summed E-state index contributed by atoms with van der Waals surface area (Å²) in [7, 11) is 0. The van der Waals surface area contributed by atoms with Crippen molar-refractivity contribution in [3.63, 3.8) is 0 Å². The smallest absolute Gasteiger partial charge is 0.242 e. The number of hydrogen-bond donors (Lipinski definition) is 2. The van der Waals surface area contributed by atoms with E-state index in [2.05, 4.69) is 33.1 Å². The molecule has 2 heterocycles. The first-order valence-corrected chi connectivity index (χ1v) is 5.40. The zero-order chi connectivity index (χ0) is 11.4. The average Bonchev–Trinajstić information content (AvgIpc) is 2.70. The first-order chi connectivity index (χ1) is 7.68. The van der Waals surface area contributed by atoms with Gasteiger partial charge in [0, 0.05) is 5.54 Å². The molecule has 1 amide bonds. The van der Waals surface area contributed by atoms with Gasteiger partial charge in [-0.1, -0.05) is 0 Å². The summed E-state index contributed by atoms with van der Waals surface area (Å²) < 4.78 is 1.42. The fourth-order valence-corrected chi connectivity index (χ4v) is 1.88. The van der Waals surface area contributed by atoms with E-state index in [0.29, 0.717) is 0 Å². The van der Waals surface area contributed by atoms with Gasteiger partial charge in [-0.25, -0.2) is 4.68 Å². The molecule has 88 valence electrons. The fourth-order valence-electron chi connectivity index (χ4n) is 1.88. The molecule has 7 nitrogen and oxygen atoms in total. The van der Waals surface area contributed by atoms with Crippen LogP contribution in [0.2, 0.25) is 0 Å². The maximum Gasteiger partial charge on any atom is 0.242 e. The zero-order valence-electron chi connectivity index (χ0n) is 9.31. The quantitative estimate of drug-likeness (QED) is 0.683. The van der Waals surface area contributed by atoms with E-state index >= 15 is 0 Å². The third-order valence-corrected chi connectivity index (χ3v) is 2.85. The van der Waals surface area contributed by atoms with Crippen molar-refractivity contribution in [2.75, 3.05) is 13.1 Å². The molecule has 1 saturated heterocycles. The Labute approximate surface area is 93.6 Å². The molecule has 0 spiro atoms. The highest BCUT2D eigenvalue weighted by Gasteiger charge is 2.28. The van der Waals surface area contributed by atoms with Gasteiger partial charge >= 0.3 is 0 Å². The maximum absolute atomic E-state index is 11.7. The largest absolute Gasteiger partial charge is 0.349 e. The van der Waals surface area contributed by atoms with Crippen LogP contribution >= 0.6 is 0 Å². The summed E-state index contributed by atoms with van der Waals surface area (Å²) in [6.45, 7) is 4.14. The molecule has 0 saturated carbocycles. The van der Waals surface area contributed by atoms with Gasteiger partial charge in [-0.3, -0.25) is 4.79 Å². The second-order valence-corrected chi connectivity index (χ2v) is 4.37.